The number of rotatable bonds is 10. The van der Waals surface area contributed by atoms with Crippen molar-refractivity contribution in [3.63, 3.8) is 0 Å². The Labute approximate surface area is 156 Å². The third-order valence-electron chi connectivity index (χ3n) is 3.92. The van der Waals surface area contributed by atoms with E-state index in [2.05, 4.69) is 37.4 Å². The highest BCUT2D eigenvalue weighted by molar-refractivity contribution is 5.87. The number of hydrogen-bond acceptors (Lipinski definition) is 3. The molecule has 2 rings (SSSR count). The van der Waals surface area contributed by atoms with Gasteiger partial charge < -0.3 is 14.8 Å². The summed E-state index contributed by atoms with van der Waals surface area (Å²) in [5, 5.41) is 2.84. The maximum absolute atomic E-state index is 11.5. The molecule has 0 bridgehead atoms. The lowest BCUT2D eigenvalue weighted by molar-refractivity contribution is -0.116. The molecule has 4 heteroatoms. The highest BCUT2D eigenvalue weighted by atomic mass is 16.7. The first-order valence-corrected chi connectivity index (χ1v) is 9.31. The standard InChI is InChI=1S/C22H29NO3/c1-18(2)16-23-22(24)12-10-8-6-4-3-5-7-9-11-19-13-14-20-21(15-19)26-17-25-20/h3-4,6,8,10,12-15,18H,5,7,9,11,16-17H2,1-2H3,(H,23,24)/b4-3+,8-6+,12-10+. The van der Waals surface area contributed by atoms with Crippen molar-refractivity contribution in [2.45, 2.75) is 39.5 Å². The molecule has 26 heavy (non-hydrogen) atoms. The number of ether oxygens (including phenoxy) is 2. The molecule has 4 nitrogen and oxygen atoms in total. The molecule has 0 unspecified atom stereocenters. The smallest absolute Gasteiger partial charge is 0.243 e. The summed E-state index contributed by atoms with van der Waals surface area (Å²) in [6, 6.07) is 6.17. The van der Waals surface area contributed by atoms with Crippen LogP contribution in [0.5, 0.6) is 11.5 Å². The Morgan fingerprint density at radius 1 is 1.12 bits per heavy atom. The van der Waals surface area contributed by atoms with Gasteiger partial charge in [0.15, 0.2) is 11.5 Å². The van der Waals surface area contributed by atoms with Gasteiger partial charge in [-0.15, -0.1) is 0 Å². The van der Waals surface area contributed by atoms with Crippen molar-refractivity contribution in [3.8, 4) is 11.5 Å². The van der Waals surface area contributed by atoms with Gasteiger partial charge in [0.25, 0.3) is 0 Å². The number of carbonyl (C=O) groups excluding carboxylic acids is 1. The zero-order valence-electron chi connectivity index (χ0n) is 15.7. The molecule has 0 saturated carbocycles. The van der Waals surface area contributed by atoms with E-state index in [0.29, 0.717) is 19.3 Å². The minimum Gasteiger partial charge on any atom is -0.454 e. The van der Waals surface area contributed by atoms with E-state index in [-0.39, 0.29) is 5.91 Å². The summed E-state index contributed by atoms with van der Waals surface area (Å²) in [5.74, 6) is 2.13. The lowest BCUT2D eigenvalue weighted by Gasteiger charge is -2.03. The van der Waals surface area contributed by atoms with E-state index in [1.165, 1.54) is 5.56 Å². The number of carbonyl (C=O) groups is 1. The second-order valence-corrected chi connectivity index (χ2v) is 6.74. The highest BCUT2D eigenvalue weighted by Gasteiger charge is 2.12. The number of unbranched alkanes of at least 4 members (excludes halogenated alkanes) is 2. The van der Waals surface area contributed by atoms with E-state index in [0.717, 1.165) is 37.2 Å². The SMILES string of the molecule is CC(C)CNC(=O)/C=C/C=C/C=C/CCCCc1ccc2c(c1)OCO2. The fourth-order valence-corrected chi connectivity index (χ4v) is 2.50. The van der Waals surface area contributed by atoms with Crippen LogP contribution in [-0.2, 0) is 11.2 Å². The molecule has 1 N–H and O–H groups in total. The third kappa shape index (κ3) is 7.60. The summed E-state index contributed by atoms with van der Waals surface area (Å²) >= 11 is 0. The van der Waals surface area contributed by atoms with Gasteiger partial charge >= 0.3 is 0 Å². The number of aryl methyl sites for hydroxylation is 1. The van der Waals surface area contributed by atoms with Crippen LogP contribution in [-0.4, -0.2) is 19.2 Å². The number of fused-ring (bicyclic) bond motifs is 1. The molecule has 1 amide bonds. The van der Waals surface area contributed by atoms with E-state index >= 15 is 0 Å². The second-order valence-electron chi connectivity index (χ2n) is 6.74. The minimum atomic E-state index is -0.0455. The van der Waals surface area contributed by atoms with E-state index < -0.39 is 0 Å². The number of nitrogens with one attached hydrogen (secondary N) is 1. The second kappa shape index (κ2) is 11.2. The van der Waals surface area contributed by atoms with E-state index in [1.807, 2.05) is 24.3 Å². The predicted octanol–water partition coefficient (Wildman–Crippen LogP) is 4.57. The van der Waals surface area contributed by atoms with E-state index in [4.69, 9.17) is 9.47 Å². The van der Waals surface area contributed by atoms with Crippen molar-refractivity contribution >= 4 is 5.91 Å². The van der Waals surface area contributed by atoms with Crippen molar-refractivity contribution in [2.75, 3.05) is 13.3 Å². The monoisotopic (exact) mass is 355 g/mol. The molecule has 0 aliphatic carbocycles. The minimum absolute atomic E-state index is 0.0455. The average molecular weight is 355 g/mol. The van der Waals surface area contributed by atoms with Crippen LogP contribution in [0.3, 0.4) is 0 Å². The normalized spacial score (nSPS) is 13.5. The highest BCUT2D eigenvalue weighted by Crippen LogP contribution is 2.32. The van der Waals surface area contributed by atoms with Crippen molar-refractivity contribution in [1.29, 1.82) is 0 Å². The van der Waals surface area contributed by atoms with Crippen LogP contribution in [0.2, 0.25) is 0 Å². The van der Waals surface area contributed by atoms with Crippen LogP contribution >= 0.6 is 0 Å². The summed E-state index contributed by atoms with van der Waals surface area (Å²) in [6.07, 6.45) is 15.7. The molecule has 1 aromatic rings. The van der Waals surface area contributed by atoms with Gasteiger partial charge in [-0.25, -0.2) is 0 Å². The van der Waals surface area contributed by atoms with Crippen LogP contribution in [0.1, 0.15) is 38.7 Å². The van der Waals surface area contributed by atoms with Gasteiger partial charge in [0.2, 0.25) is 12.7 Å². The summed E-state index contributed by atoms with van der Waals surface area (Å²) in [7, 11) is 0. The quantitative estimate of drug-likeness (QED) is 0.380. The van der Waals surface area contributed by atoms with Crippen molar-refractivity contribution in [3.05, 3.63) is 60.2 Å². The Bertz CT molecular complexity index is 659. The van der Waals surface area contributed by atoms with Gasteiger partial charge in [0.1, 0.15) is 0 Å². The first-order valence-electron chi connectivity index (χ1n) is 9.31. The number of amides is 1. The fourth-order valence-electron chi connectivity index (χ4n) is 2.50. The Balaban J connectivity index is 1.54. The van der Waals surface area contributed by atoms with Gasteiger partial charge in [-0.2, -0.15) is 0 Å². The van der Waals surface area contributed by atoms with Crippen LogP contribution in [0.25, 0.3) is 0 Å². The molecule has 0 saturated heterocycles. The lowest BCUT2D eigenvalue weighted by Crippen LogP contribution is -2.25. The molecule has 0 atom stereocenters. The van der Waals surface area contributed by atoms with Crippen molar-refractivity contribution in [2.24, 2.45) is 5.92 Å². The topological polar surface area (TPSA) is 47.6 Å². The summed E-state index contributed by atoms with van der Waals surface area (Å²) in [5.41, 5.74) is 1.29. The first-order chi connectivity index (χ1) is 12.6. The Morgan fingerprint density at radius 2 is 1.92 bits per heavy atom. The largest absolute Gasteiger partial charge is 0.454 e. The van der Waals surface area contributed by atoms with Crippen molar-refractivity contribution < 1.29 is 14.3 Å². The molecule has 0 aromatic heterocycles. The first kappa shape index (κ1) is 19.8. The zero-order valence-corrected chi connectivity index (χ0v) is 15.7. The number of allylic oxidation sites excluding steroid dienone is 5. The van der Waals surface area contributed by atoms with Gasteiger partial charge in [0, 0.05) is 12.6 Å². The van der Waals surface area contributed by atoms with Gasteiger partial charge in [-0.3, -0.25) is 4.79 Å². The molecule has 1 aliphatic rings. The molecule has 1 heterocycles. The molecule has 0 radical (unpaired) electrons. The van der Waals surface area contributed by atoms with Crippen molar-refractivity contribution in [1.82, 2.24) is 5.32 Å². The van der Waals surface area contributed by atoms with Crippen LogP contribution in [0, 0.1) is 5.92 Å². The fraction of sp³-hybridized carbons (Fsp3) is 0.409. The molecule has 0 fully saturated rings. The molecular formula is C22H29NO3. The summed E-state index contributed by atoms with van der Waals surface area (Å²) in [6.45, 7) is 5.18. The van der Waals surface area contributed by atoms with E-state index in [9.17, 15) is 4.79 Å². The van der Waals surface area contributed by atoms with Gasteiger partial charge in [0.05, 0.1) is 0 Å². The zero-order chi connectivity index (χ0) is 18.6. The van der Waals surface area contributed by atoms with E-state index in [1.54, 1.807) is 12.2 Å². The number of benzene rings is 1. The molecule has 0 spiro atoms. The van der Waals surface area contributed by atoms with Crippen LogP contribution in [0.4, 0.5) is 0 Å². The Hall–Kier alpha value is -2.49. The summed E-state index contributed by atoms with van der Waals surface area (Å²) < 4.78 is 10.7. The summed E-state index contributed by atoms with van der Waals surface area (Å²) in [4.78, 5) is 11.5. The maximum atomic E-state index is 11.5. The molecular weight excluding hydrogens is 326 g/mol. The van der Waals surface area contributed by atoms with Gasteiger partial charge in [-0.05, 0) is 49.3 Å². The Kier molecular flexibility index (Phi) is 8.53. The third-order valence-corrected chi connectivity index (χ3v) is 3.92. The maximum Gasteiger partial charge on any atom is 0.243 e. The van der Waals surface area contributed by atoms with Crippen LogP contribution in [0.15, 0.2) is 54.7 Å². The van der Waals surface area contributed by atoms with Gasteiger partial charge in [-0.1, -0.05) is 50.3 Å². The van der Waals surface area contributed by atoms with Crippen LogP contribution < -0.4 is 14.8 Å². The average Bonchev–Trinajstić information content (AvgIpc) is 3.09. The lowest BCUT2D eigenvalue weighted by atomic mass is 10.1. The Morgan fingerprint density at radius 3 is 2.77 bits per heavy atom. The molecule has 1 aromatic carbocycles. The molecule has 140 valence electrons. The number of hydrogen-bond donors (Lipinski definition) is 1. The molecule has 1 aliphatic heterocycles. The predicted molar refractivity (Wildman–Crippen MR) is 105 cm³/mol.